The molecule has 1 N–H and O–H groups in total. The number of hydrogen-bond acceptors (Lipinski definition) is 5. The van der Waals surface area contributed by atoms with Crippen LogP contribution in [0.5, 0.6) is 0 Å². The average molecular weight is 737 g/mol. The molecule has 5 nitrogen and oxygen atoms in total. The summed E-state index contributed by atoms with van der Waals surface area (Å²) >= 11 is 0. The topological polar surface area (TPSA) is 72.8 Å². The first-order valence-electron chi connectivity index (χ1n) is 23.3. The monoisotopic (exact) mass is 737 g/mol. The molecule has 52 heavy (non-hydrogen) atoms. The van der Waals surface area contributed by atoms with E-state index in [0.717, 1.165) is 37.5 Å². The Kier molecular flexibility index (Phi) is 40.2. The van der Waals surface area contributed by atoms with Crippen LogP contribution in [-0.2, 0) is 19.1 Å². The number of aliphatic hydroxyl groups excluding tert-OH is 1. The highest BCUT2D eigenvalue weighted by Gasteiger charge is 2.12. The van der Waals surface area contributed by atoms with Crippen molar-refractivity contribution in [3.63, 3.8) is 0 Å². The summed E-state index contributed by atoms with van der Waals surface area (Å²) in [5, 5.41) is 10.1. The molecule has 0 aromatic carbocycles. The molecule has 0 aromatic heterocycles. The number of esters is 2. The van der Waals surface area contributed by atoms with Crippen molar-refractivity contribution in [1.82, 2.24) is 0 Å². The van der Waals surface area contributed by atoms with Gasteiger partial charge in [0.2, 0.25) is 0 Å². The zero-order valence-electron chi connectivity index (χ0n) is 35.7. The van der Waals surface area contributed by atoms with Crippen molar-refractivity contribution in [3.8, 4) is 0 Å². The van der Waals surface area contributed by atoms with Crippen molar-refractivity contribution in [2.24, 2.45) is 11.8 Å². The van der Waals surface area contributed by atoms with Crippen molar-refractivity contribution in [2.75, 3.05) is 13.2 Å². The molecule has 310 valence electrons. The normalized spacial score (nSPS) is 12.7. The van der Waals surface area contributed by atoms with E-state index in [1.807, 2.05) is 0 Å². The molecule has 5 heteroatoms. The summed E-state index contributed by atoms with van der Waals surface area (Å²) in [6.45, 7) is 9.10. The summed E-state index contributed by atoms with van der Waals surface area (Å²) in [5.74, 6) is 1.22. The fraction of sp³-hybridized carbons (Fsp3) is 0.957. The van der Waals surface area contributed by atoms with Crippen LogP contribution in [0.3, 0.4) is 0 Å². The first kappa shape index (κ1) is 50.9. The molecular formula is C47H92O5. The molecule has 0 amide bonds. The summed E-state index contributed by atoms with van der Waals surface area (Å²) in [7, 11) is 0. The smallest absolute Gasteiger partial charge is 0.305 e. The van der Waals surface area contributed by atoms with Gasteiger partial charge in [0, 0.05) is 12.8 Å². The molecule has 0 aromatic rings. The van der Waals surface area contributed by atoms with Crippen LogP contribution in [0.4, 0.5) is 0 Å². The Morgan fingerprint density at radius 2 is 0.654 bits per heavy atom. The molecule has 0 heterocycles. The lowest BCUT2D eigenvalue weighted by atomic mass is 9.99. The SMILES string of the molecule is CCC(C)CCCCCCCCCCCCCCCCCCCCC(=O)OC[C@@H](O)COC(=O)CCCCCCCCCCCCCCCC(C)C. The van der Waals surface area contributed by atoms with Gasteiger partial charge < -0.3 is 14.6 Å². The fourth-order valence-corrected chi connectivity index (χ4v) is 7.13. The van der Waals surface area contributed by atoms with Crippen LogP contribution in [0.25, 0.3) is 0 Å². The van der Waals surface area contributed by atoms with Gasteiger partial charge >= 0.3 is 11.9 Å². The minimum absolute atomic E-state index is 0.108. The zero-order chi connectivity index (χ0) is 38.2. The van der Waals surface area contributed by atoms with Crippen molar-refractivity contribution in [2.45, 2.75) is 265 Å². The number of rotatable bonds is 42. The number of carbonyl (C=O) groups excluding carboxylic acids is 2. The lowest BCUT2D eigenvalue weighted by Crippen LogP contribution is -2.25. The molecule has 0 bridgehead atoms. The molecule has 0 fully saturated rings. The fourth-order valence-electron chi connectivity index (χ4n) is 7.13. The van der Waals surface area contributed by atoms with Crippen molar-refractivity contribution < 1.29 is 24.2 Å². The maximum Gasteiger partial charge on any atom is 0.305 e. The van der Waals surface area contributed by atoms with Gasteiger partial charge in [0.25, 0.3) is 0 Å². The van der Waals surface area contributed by atoms with E-state index in [-0.39, 0.29) is 25.2 Å². The molecular weight excluding hydrogens is 645 g/mol. The molecule has 0 saturated heterocycles. The molecule has 0 radical (unpaired) electrons. The van der Waals surface area contributed by atoms with E-state index in [1.54, 1.807) is 0 Å². The van der Waals surface area contributed by atoms with Gasteiger partial charge in [-0.3, -0.25) is 9.59 Å². The number of unbranched alkanes of at least 4 members (excludes halogenated alkanes) is 29. The van der Waals surface area contributed by atoms with Gasteiger partial charge in [0.1, 0.15) is 19.3 Å². The number of aliphatic hydroxyl groups is 1. The van der Waals surface area contributed by atoms with Gasteiger partial charge in [-0.2, -0.15) is 0 Å². The minimum atomic E-state index is -0.957. The van der Waals surface area contributed by atoms with Gasteiger partial charge in [-0.25, -0.2) is 0 Å². The van der Waals surface area contributed by atoms with Gasteiger partial charge in [-0.05, 0) is 24.7 Å². The third-order valence-electron chi connectivity index (χ3n) is 11.1. The second kappa shape index (κ2) is 41.1. The van der Waals surface area contributed by atoms with Gasteiger partial charge in [0.15, 0.2) is 0 Å². The molecule has 0 aliphatic rings. The molecule has 0 aliphatic heterocycles. The van der Waals surface area contributed by atoms with Crippen LogP contribution >= 0.6 is 0 Å². The first-order chi connectivity index (χ1) is 25.3. The zero-order valence-corrected chi connectivity index (χ0v) is 35.7. The van der Waals surface area contributed by atoms with Crippen LogP contribution in [0.15, 0.2) is 0 Å². The quantitative estimate of drug-likeness (QED) is 0.0499. The van der Waals surface area contributed by atoms with Gasteiger partial charge in [-0.15, -0.1) is 0 Å². The Bertz CT molecular complexity index is 737. The summed E-state index contributed by atoms with van der Waals surface area (Å²) in [6.07, 6.45) is 44.5. The standard InChI is InChI=1S/C47H92O5/c1-5-44(4)38-34-30-26-22-18-14-10-8-6-7-9-11-15-19-23-27-31-35-39-46(49)51-41-45(48)42-52-47(50)40-36-32-28-24-20-16-12-13-17-21-25-29-33-37-43(2)3/h43-45,48H,5-42H2,1-4H3/t44?,45-/m1/s1. The van der Waals surface area contributed by atoms with E-state index in [0.29, 0.717) is 12.8 Å². The maximum atomic E-state index is 12.0. The second-order valence-corrected chi connectivity index (χ2v) is 17.0. The van der Waals surface area contributed by atoms with E-state index in [4.69, 9.17) is 9.47 Å². The summed E-state index contributed by atoms with van der Waals surface area (Å²) in [4.78, 5) is 24.0. The lowest BCUT2D eigenvalue weighted by Gasteiger charge is -2.12. The lowest BCUT2D eigenvalue weighted by molar-refractivity contribution is -0.152. The molecule has 0 rings (SSSR count). The first-order valence-corrected chi connectivity index (χ1v) is 23.3. The van der Waals surface area contributed by atoms with Gasteiger partial charge in [-0.1, -0.05) is 233 Å². The third-order valence-corrected chi connectivity index (χ3v) is 11.1. The predicted octanol–water partition coefficient (Wildman–Crippen LogP) is 14.8. The van der Waals surface area contributed by atoms with Crippen LogP contribution in [-0.4, -0.2) is 36.4 Å². The van der Waals surface area contributed by atoms with Crippen LogP contribution in [0.2, 0.25) is 0 Å². The van der Waals surface area contributed by atoms with E-state index < -0.39 is 6.10 Å². The predicted molar refractivity (Wildman–Crippen MR) is 224 cm³/mol. The highest BCUT2D eigenvalue weighted by molar-refractivity contribution is 5.69. The average Bonchev–Trinajstić information content (AvgIpc) is 3.13. The van der Waals surface area contributed by atoms with E-state index in [9.17, 15) is 14.7 Å². The Labute approximate surface area is 325 Å². The minimum Gasteiger partial charge on any atom is -0.463 e. The van der Waals surface area contributed by atoms with Crippen molar-refractivity contribution in [1.29, 1.82) is 0 Å². The Morgan fingerprint density at radius 1 is 0.404 bits per heavy atom. The summed E-state index contributed by atoms with van der Waals surface area (Å²) in [5.41, 5.74) is 0. The number of hydrogen-bond donors (Lipinski definition) is 1. The number of carbonyl (C=O) groups is 2. The highest BCUT2D eigenvalue weighted by atomic mass is 16.6. The van der Waals surface area contributed by atoms with Crippen LogP contribution < -0.4 is 0 Å². The Morgan fingerprint density at radius 3 is 0.923 bits per heavy atom. The largest absolute Gasteiger partial charge is 0.463 e. The Hall–Kier alpha value is -1.10. The summed E-state index contributed by atoms with van der Waals surface area (Å²) in [6, 6.07) is 0. The van der Waals surface area contributed by atoms with E-state index in [1.165, 1.54) is 193 Å². The number of ether oxygens (including phenoxy) is 2. The maximum absolute atomic E-state index is 12.0. The molecule has 0 saturated carbocycles. The van der Waals surface area contributed by atoms with E-state index >= 15 is 0 Å². The second-order valence-electron chi connectivity index (χ2n) is 17.0. The van der Waals surface area contributed by atoms with Gasteiger partial charge in [0.05, 0.1) is 0 Å². The Balaban J connectivity index is 3.35. The van der Waals surface area contributed by atoms with E-state index in [2.05, 4.69) is 27.7 Å². The van der Waals surface area contributed by atoms with Crippen molar-refractivity contribution in [3.05, 3.63) is 0 Å². The molecule has 0 aliphatic carbocycles. The van der Waals surface area contributed by atoms with Crippen molar-refractivity contribution >= 4 is 11.9 Å². The molecule has 2 atom stereocenters. The third kappa shape index (κ3) is 41.7. The molecule has 0 spiro atoms. The van der Waals surface area contributed by atoms with Crippen LogP contribution in [0, 0.1) is 11.8 Å². The summed E-state index contributed by atoms with van der Waals surface area (Å²) < 4.78 is 10.4. The van der Waals surface area contributed by atoms with Crippen LogP contribution in [0.1, 0.15) is 259 Å². The highest BCUT2D eigenvalue weighted by Crippen LogP contribution is 2.18. The molecule has 1 unspecified atom stereocenters.